The highest BCUT2D eigenvalue weighted by Crippen LogP contribution is 2.33. The molecule has 8 nitrogen and oxygen atoms in total. The van der Waals surface area contributed by atoms with Gasteiger partial charge in [0.15, 0.2) is 0 Å². The number of benzene rings is 1. The molecule has 0 atom stereocenters. The predicted octanol–water partition coefficient (Wildman–Crippen LogP) is 1.23. The molecule has 0 spiro atoms. The zero-order valence-electron chi connectivity index (χ0n) is 11.2. The molecule has 110 valence electrons. The quantitative estimate of drug-likeness (QED) is 0.489. The van der Waals surface area contributed by atoms with Crippen molar-refractivity contribution in [2.45, 2.75) is 25.4 Å². The number of nitrogens with zero attached hydrogens (tertiary/aromatic N) is 3. The minimum Gasteiger partial charge on any atom is -0.318 e. The standard InChI is InChI=1S/C13H15N5O3/c14-15-12-9(2-1-3-11(12)18(20)21)8-16-6-7-17(13(16)19)10-4-5-10/h1-3,6-7,10,15H,4-5,8,14H2. The lowest BCUT2D eigenvalue weighted by molar-refractivity contribution is -0.384. The Hall–Kier alpha value is -2.61. The first-order valence-electron chi connectivity index (χ1n) is 6.62. The maximum absolute atomic E-state index is 12.2. The fourth-order valence-corrected chi connectivity index (χ4v) is 2.40. The second-order valence-corrected chi connectivity index (χ2v) is 5.06. The number of nitrogens with one attached hydrogen (secondary N) is 1. The third-order valence-corrected chi connectivity index (χ3v) is 3.62. The van der Waals surface area contributed by atoms with Crippen molar-refractivity contribution < 1.29 is 4.92 Å². The first-order valence-corrected chi connectivity index (χ1v) is 6.62. The summed E-state index contributed by atoms with van der Waals surface area (Å²) in [6.45, 7) is 0.236. The van der Waals surface area contributed by atoms with Crippen molar-refractivity contribution >= 4 is 11.4 Å². The Labute approximate surface area is 119 Å². The molecule has 0 bridgehead atoms. The van der Waals surface area contributed by atoms with E-state index in [0.29, 0.717) is 11.6 Å². The number of aromatic nitrogens is 2. The van der Waals surface area contributed by atoms with E-state index in [-0.39, 0.29) is 23.6 Å². The third-order valence-electron chi connectivity index (χ3n) is 3.62. The summed E-state index contributed by atoms with van der Waals surface area (Å²) < 4.78 is 3.23. The lowest BCUT2D eigenvalue weighted by Gasteiger charge is -2.09. The molecule has 1 aliphatic rings. The Morgan fingerprint density at radius 1 is 1.38 bits per heavy atom. The lowest BCUT2D eigenvalue weighted by Crippen LogP contribution is -2.24. The van der Waals surface area contributed by atoms with Crippen molar-refractivity contribution in [1.29, 1.82) is 0 Å². The third kappa shape index (κ3) is 2.40. The maximum atomic E-state index is 12.2. The maximum Gasteiger partial charge on any atom is 0.328 e. The van der Waals surface area contributed by atoms with Gasteiger partial charge in [0.05, 0.1) is 11.5 Å². The van der Waals surface area contributed by atoms with E-state index in [4.69, 9.17) is 5.84 Å². The van der Waals surface area contributed by atoms with Gasteiger partial charge in [0.1, 0.15) is 5.69 Å². The fraction of sp³-hybridized carbons (Fsp3) is 0.308. The number of hydrazine groups is 1. The first-order chi connectivity index (χ1) is 10.1. The molecule has 0 saturated heterocycles. The SMILES string of the molecule is NNc1c(Cn2ccn(C3CC3)c2=O)cccc1[N+](=O)[O-]. The molecule has 8 heteroatoms. The Kier molecular flexibility index (Phi) is 3.22. The molecule has 0 radical (unpaired) electrons. The van der Waals surface area contributed by atoms with Gasteiger partial charge in [-0.2, -0.15) is 0 Å². The van der Waals surface area contributed by atoms with Crippen LogP contribution in [-0.4, -0.2) is 14.1 Å². The zero-order chi connectivity index (χ0) is 15.0. The summed E-state index contributed by atoms with van der Waals surface area (Å²) in [6, 6.07) is 4.97. The van der Waals surface area contributed by atoms with E-state index in [9.17, 15) is 14.9 Å². The Morgan fingerprint density at radius 3 is 2.76 bits per heavy atom. The molecular formula is C13H15N5O3. The predicted molar refractivity (Wildman–Crippen MR) is 77.0 cm³/mol. The van der Waals surface area contributed by atoms with Crippen molar-refractivity contribution in [2.75, 3.05) is 5.43 Å². The van der Waals surface area contributed by atoms with Crippen molar-refractivity contribution in [2.24, 2.45) is 5.84 Å². The van der Waals surface area contributed by atoms with Crippen LogP contribution in [0.1, 0.15) is 24.4 Å². The van der Waals surface area contributed by atoms with Crippen LogP contribution in [0.2, 0.25) is 0 Å². The lowest BCUT2D eigenvalue weighted by atomic mass is 10.1. The van der Waals surface area contributed by atoms with E-state index in [1.807, 2.05) is 0 Å². The van der Waals surface area contributed by atoms with E-state index >= 15 is 0 Å². The van der Waals surface area contributed by atoms with Crippen LogP contribution in [0.25, 0.3) is 0 Å². The van der Waals surface area contributed by atoms with Gasteiger partial charge >= 0.3 is 5.69 Å². The van der Waals surface area contributed by atoms with Crippen LogP contribution in [0, 0.1) is 10.1 Å². The van der Waals surface area contributed by atoms with Gasteiger partial charge in [0.25, 0.3) is 5.69 Å². The number of rotatable bonds is 5. The highest BCUT2D eigenvalue weighted by Gasteiger charge is 2.26. The number of hydrogen-bond acceptors (Lipinski definition) is 5. The highest BCUT2D eigenvalue weighted by molar-refractivity contribution is 5.65. The number of hydrogen-bond donors (Lipinski definition) is 2. The molecule has 21 heavy (non-hydrogen) atoms. The molecule has 2 aromatic rings. The van der Waals surface area contributed by atoms with Crippen LogP contribution in [0.5, 0.6) is 0 Å². The van der Waals surface area contributed by atoms with Crippen molar-refractivity contribution in [3.05, 3.63) is 56.8 Å². The number of nitrogens with two attached hydrogens (primary N) is 1. The smallest absolute Gasteiger partial charge is 0.318 e. The minimum absolute atomic E-state index is 0.105. The van der Waals surface area contributed by atoms with Gasteiger partial charge in [0, 0.05) is 30.1 Å². The molecule has 3 N–H and O–H groups in total. The summed E-state index contributed by atoms with van der Waals surface area (Å²) in [5.74, 6) is 5.40. The van der Waals surface area contributed by atoms with Gasteiger partial charge in [-0.3, -0.25) is 25.1 Å². The molecular weight excluding hydrogens is 274 g/mol. The number of nitro benzene ring substituents is 1. The highest BCUT2D eigenvalue weighted by atomic mass is 16.6. The van der Waals surface area contributed by atoms with Gasteiger partial charge in [-0.1, -0.05) is 12.1 Å². The fourth-order valence-electron chi connectivity index (χ4n) is 2.40. The van der Waals surface area contributed by atoms with Gasteiger partial charge in [-0.15, -0.1) is 0 Å². The number of imidazole rings is 1. The molecule has 3 rings (SSSR count). The molecule has 1 aliphatic carbocycles. The first kappa shape index (κ1) is 13.4. The largest absolute Gasteiger partial charge is 0.328 e. The molecule has 1 aromatic heterocycles. The molecule has 1 saturated carbocycles. The van der Waals surface area contributed by atoms with Gasteiger partial charge in [-0.05, 0) is 12.8 Å². The normalized spacial score (nSPS) is 14.1. The van der Waals surface area contributed by atoms with Crippen LogP contribution < -0.4 is 17.0 Å². The number of nitro groups is 1. The number of anilines is 1. The summed E-state index contributed by atoms with van der Waals surface area (Å²) in [5, 5.41) is 11.0. The minimum atomic E-state index is -0.503. The molecule has 1 heterocycles. The second kappa shape index (κ2) is 5.06. The van der Waals surface area contributed by atoms with E-state index in [1.165, 1.54) is 10.6 Å². The van der Waals surface area contributed by atoms with Gasteiger partial charge in [0.2, 0.25) is 0 Å². The van der Waals surface area contributed by atoms with Gasteiger partial charge in [-0.25, -0.2) is 4.79 Å². The Bertz CT molecular complexity index is 745. The monoisotopic (exact) mass is 289 g/mol. The second-order valence-electron chi connectivity index (χ2n) is 5.06. The van der Waals surface area contributed by atoms with Gasteiger partial charge < -0.3 is 5.43 Å². The number of para-hydroxylation sites is 1. The topological polar surface area (TPSA) is 108 Å². The van der Waals surface area contributed by atoms with E-state index < -0.39 is 4.92 Å². The van der Waals surface area contributed by atoms with Crippen LogP contribution in [0.3, 0.4) is 0 Å². The molecule has 0 amide bonds. The van der Waals surface area contributed by atoms with Crippen molar-refractivity contribution in [3.63, 3.8) is 0 Å². The van der Waals surface area contributed by atoms with Crippen molar-refractivity contribution in [3.8, 4) is 0 Å². The number of nitrogen functional groups attached to an aromatic ring is 1. The van der Waals surface area contributed by atoms with Crippen LogP contribution >= 0.6 is 0 Å². The average molecular weight is 289 g/mol. The molecule has 0 aliphatic heterocycles. The Morgan fingerprint density at radius 2 is 2.14 bits per heavy atom. The van der Waals surface area contributed by atoms with E-state index in [1.54, 1.807) is 29.1 Å². The summed E-state index contributed by atoms with van der Waals surface area (Å²) >= 11 is 0. The summed E-state index contributed by atoms with van der Waals surface area (Å²) in [6.07, 6.45) is 5.50. The zero-order valence-corrected chi connectivity index (χ0v) is 11.2. The van der Waals surface area contributed by atoms with E-state index in [0.717, 1.165) is 12.8 Å². The summed E-state index contributed by atoms with van der Waals surface area (Å²) in [4.78, 5) is 22.7. The molecule has 1 fully saturated rings. The van der Waals surface area contributed by atoms with E-state index in [2.05, 4.69) is 5.43 Å². The van der Waals surface area contributed by atoms with Crippen LogP contribution in [-0.2, 0) is 6.54 Å². The summed E-state index contributed by atoms with van der Waals surface area (Å²) in [5.41, 5.74) is 2.98. The Balaban J connectivity index is 1.96. The molecule has 1 aromatic carbocycles. The van der Waals surface area contributed by atoms with Crippen LogP contribution in [0.15, 0.2) is 35.4 Å². The average Bonchev–Trinajstić information content (AvgIpc) is 3.25. The molecule has 0 unspecified atom stereocenters. The van der Waals surface area contributed by atoms with Crippen LogP contribution in [0.4, 0.5) is 11.4 Å². The van der Waals surface area contributed by atoms with Crippen molar-refractivity contribution in [1.82, 2.24) is 9.13 Å². The summed E-state index contributed by atoms with van der Waals surface area (Å²) in [7, 11) is 0.